The maximum atomic E-state index is 13.0. The molecule has 0 aliphatic carbocycles. The van der Waals surface area contributed by atoms with Crippen LogP contribution < -0.4 is 10.1 Å². The molecule has 0 radical (unpaired) electrons. The molecular formula is C21H28N4O3S. The quantitative estimate of drug-likeness (QED) is 0.504. The van der Waals surface area contributed by atoms with Crippen molar-refractivity contribution in [1.29, 1.82) is 0 Å². The fourth-order valence-electron chi connectivity index (χ4n) is 3.20. The second-order valence-electron chi connectivity index (χ2n) is 7.00. The van der Waals surface area contributed by atoms with E-state index >= 15 is 0 Å². The van der Waals surface area contributed by atoms with Gasteiger partial charge in [-0.25, -0.2) is 9.48 Å². The summed E-state index contributed by atoms with van der Waals surface area (Å²) in [5.41, 5.74) is 2.08. The maximum absolute atomic E-state index is 13.0. The molecular weight excluding hydrogens is 388 g/mol. The number of allylic oxidation sites excluding steroid dienone is 1. The highest BCUT2D eigenvalue weighted by molar-refractivity contribution is 7.99. The minimum atomic E-state index is -0.482. The van der Waals surface area contributed by atoms with Gasteiger partial charge in [-0.1, -0.05) is 43.8 Å². The Labute approximate surface area is 175 Å². The summed E-state index contributed by atoms with van der Waals surface area (Å²) in [6.45, 7) is 10.3. The Kier molecular flexibility index (Phi) is 6.84. The fourth-order valence-corrected chi connectivity index (χ4v) is 3.76. The number of nitrogens with zero attached hydrogens (tertiary/aromatic N) is 3. The molecule has 0 saturated carbocycles. The lowest BCUT2D eigenvalue weighted by Crippen LogP contribution is -2.31. The summed E-state index contributed by atoms with van der Waals surface area (Å²) in [6, 6.07) is 7.28. The number of rotatable bonds is 8. The van der Waals surface area contributed by atoms with Gasteiger partial charge in [-0.15, -0.1) is 5.10 Å². The van der Waals surface area contributed by atoms with E-state index in [9.17, 15) is 4.79 Å². The number of benzene rings is 1. The molecule has 0 spiro atoms. The highest BCUT2D eigenvalue weighted by atomic mass is 32.2. The number of para-hydroxylation sites is 1. The predicted molar refractivity (Wildman–Crippen MR) is 114 cm³/mol. The zero-order chi connectivity index (χ0) is 21.0. The van der Waals surface area contributed by atoms with Gasteiger partial charge in [0, 0.05) is 11.3 Å². The SMILES string of the molecule is CCCOc1ccccc1C1C(C(=O)OC(C)C)=C(C)Nc2nc(SCC)nn21. The third-order valence-corrected chi connectivity index (χ3v) is 5.06. The Bertz CT molecular complexity index is 907. The summed E-state index contributed by atoms with van der Waals surface area (Å²) in [6.07, 6.45) is 0.669. The fraction of sp³-hybridized carbons (Fsp3) is 0.476. The van der Waals surface area contributed by atoms with E-state index in [1.165, 1.54) is 0 Å². The normalized spacial score (nSPS) is 15.9. The van der Waals surface area contributed by atoms with Crippen LogP contribution in [-0.2, 0) is 9.53 Å². The third-order valence-electron chi connectivity index (χ3n) is 4.34. The number of aromatic nitrogens is 3. The van der Waals surface area contributed by atoms with Crippen LogP contribution in [0.15, 0.2) is 40.7 Å². The molecule has 29 heavy (non-hydrogen) atoms. The van der Waals surface area contributed by atoms with E-state index in [-0.39, 0.29) is 12.1 Å². The largest absolute Gasteiger partial charge is 0.493 e. The lowest BCUT2D eigenvalue weighted by atomic mass is 9.95. The molecule has 0 bridgehead atoms. The first kappa shape index (κ1) is 21.2. The van der Waals surface area contributed by atoms with Gasteiger partial charge in [0.25, 0.3) is 0 Å². The van der Waals surface area contributed by atoms with E-state index in [1.54, 1.807) is 16.4 Å². The van der Waals surface area contributed by atoms with Crippen LogP contribution in [-0.4, -0.2) is 39.2 Å². The van der Waals surface area contributed by atoms with Crippen LogP contribution in [0.5, 0.6) is 5.75 Å². The molecule has 3 rings (SSSR count). The molecule has 1 N–H and O–H groups in total. The third kappa shape index (κ3) is 4.58. The monoisotopic (exact) mass is 416 g/mol. The molecule has 0 amide bonds. The van der Waals surface area contributed by atoms with Crippen molar-refractivity contribution in [2.24, 2.45) is 0 Å². The Morgan fingerprint density at radius 3 is 2.76 bits per heavy atom. The van der Waals surface area contributed by atoms with Crippen molar-refractivity contribution in [2.45, 2.75) is 58.3 Å². The van der Waals surface area contributed by atoms with Crippen molar-refractivity contribution in [1.82, 2.24) is 14.8 Å². The molecule has 1 atom stereocenters. The smallest absolute Gasteiger partial charge is 0.338 e. The maximum Gasteiger partial charge on any atom is 0.338 e. The lowest BCUT2D eigenvalue weighted by Gasteiger charge is -2.29. The van der Waals surface area contributed by atoms with Crippen LogP contribution in [0.4, 0.5) is 5.95 Å². The number of hydrogen-bond donors (Lipinski definition) is 1. The molecule has 0 fully saturated rings. The molecule has 0 saturated heterocycles. The first-order valence-corrected chi connectivity index (χ1v) is 10.9. The van der Waals surface area contributed by atoms with Gasteiger partial charge in [0.05, 0.1) is 18.3 Å². The highest BCUT2D eigenvalue weighted by Gasteiger charge is 2.37. The van der Waals surface area contributed by atoms with Crippen molar-refractivity contribution in [3.05, 3.63) is 41.1 Å². The number of nitrogens with one attached hydrogen (secondary N) is 1. The van der Waals surface area contributed by atoms with Crippen LogP contribution >= 0.6 is 11.8 Å². The van der Waals surface area contributed by atoms with Gasteiger partial charge in [-0.3, -0.25) is 0 Å². The molecule has 2 heterocycles. The van der Waals surface area contributed by atoms with Crippen molar-refractivity contribution in [3.8, 4) is 5.75 Å². The first-order valence-electron chi connectivity index (χ1n) is 9.96. The lowest BCUT2D eigenvalue weighted by molar-refractivity contribution is -0.143. The Hall–Kier alpha value is -2.48. The van der Waals surface area contributed by atoms with Crippen LogP contribution in [0.1, 0.15) is 52.6 Å². The average Bonchev–Trinajstić information content (AvgIpc) is 3.07. The van der Waals surface area contributed by atoms with Crippen molar-refractivity contribution in [3.63, 3.8) is 0 Å². The predicted octanol–water partition coefficient (Wildman–Crippen LogP) is 4.42. The van der Waals surface area contributed by atoms with Crippen LogP contribution in [0.2, 0.25) is 0 Å². The van der Waals surface area contributed by atoms with E-state index in [2.05, 4.69) is 29.2 Å². The Morgan fingerprint density at radius 2 is 2.07 bits per heavy atom. The molecule has 2 aromatic rings. The van der Waals surface area contributed by atoms with Crippen LogP contribution in [0.25, 0.3) is 0 Å². The summed E-state index contributed by atoms with van der Waals surface area (Å²) in [7, 11) is 0. The van der Waals surface area contributed by atoms with Gasteiger partial charge in [0.2, 0.25) is 11.1 Å². The number of esters is 1. The van der Waals surface area contributed by atoms with Gasteiger partial charge >= 0.3 is 5.97 Å². The summed E-state index contributed by atoms with van der Waals surface area (Å²) >= 11 is 1.56. The van der Waals surface area contributed by atoms with E-state index < -0.39 is 6.04 Å². The molecule has 1 unspecified atom stereocenters. The van der Waals surface area contributed by atoms with Gasteiger partial charge in [0.15, 0.2) is 0 Å². The van der Waals surface area contributed by atoms with Gasteiger partial charge in [-0.05, 0) is 39.0 Å². The minimum Gasteiger partial charge on any atom is -0.493 e. The summed E-state index contributed by atoms with van der Waals surface area (Å²) < 4.78 is 13.3. The van der Waals surface area contributed by atoms with Crippen molar-refractivity contribution in [2.75, 3.05) is 17.7 Å². The molecule has 1 aliphatic heterocycles. The second-order valence-corrected chi connectivity index (χ2v) is 8.23. The van der Waals surface area contributed by atoms with Crippen molar-refractivity contribution >= 4 is 23.7 Å². The molecule has 1 aromatic carbocycles. The summed E-state index contributed by atoms with van der Waals surface area (Å²) in [4.78, 5) is 17.6. The molecule has 7 nitrogen and oxygen atoms in total. The van der Waals surface area contributed by atoms with Crippen molar-refractivity contribution < 1.29 is 14.3 Å². The molecule has 1 aliphatic rings. The van der Waals surface area contributed by atoms with Gasteiger partial charge < -0.3 is 14.8 Å². The Balaban J connectivity index is 2.14. The number of carbonyl (C=O) groups excluding carboxylic acids is 1. The first-order chi connectivity index (χ1) is 14.0. The van der Waals surface area contributed by atoms with Crippen LogP contribution in [0.3, 0.4) is 0 Å². The topological polar surface area (TPSA) is 78.3 Å². The number of fused-ring (bicyclic) bond motifs is 1. The van der Waals surface area contributed by atoms with E-state index in [0.29, 0.717) is 29.0 Å². The Morgan fingerprint density at radius 1 is 1.31 bits per heavy atom. The van der Waals surface area contributed by atoms with E-state index in [1.807, 2.05) is 45.0 Å². The standard InChI is InChI=1S/C21H28N4O3S/c1-6-12-27-16-11-9-8-10-15(16)18-17(19(26)28-13(3)4)14(5)22-20-23-21(29-7-2)24-25(18)20/h8-11,13,18H,6-7,12H2,1-5H3,(H,22,23,24). The second kappa shape index (κ2) is 9.35. The van der Waals surface area contributed by atoms with E-state index in [4.69, 9.17) is 9.47 Å². The van der Waals surface area contributed by atoms with Crippen LogP contribution in [0, 0.1) is 0 Å². The highest BCUT2D eigenvalue weighted by Crippen LogP contribution is 2.40. The average molecular weight is 417 g/mol. The van der Waals surface area contributed by atoms with E-state index in [0.717, 1.165) is 23.5 Å². The zero-order valence-electron chi connectivity index (χ0n) is 17.6. The number of ether oxygens (including phenoxy) is 2. The van der Waals surface area contributed by atoms with Gasteiger partial charge in [0.1, 0.15) is 11.8 Å². The number of carbonyl (C=O) groups is 1. The summed E-state index contributed by atoms with van der Waals surface area (Å²) in [5.74, 6) is 1.83. The number of thioether (sulfide) groups is 1. The number of anilines is 1. The number of hydrogen-bond acceptors (Lipinski definition) is 7. The molecule has 156 valence electrons. The van der Waals surface area contributed by atoms with Gasteiger partial charge in [-0.2, -0.15) is 4.98 Å². The molecule has 1 aromatic heterocycles. The molecule has 8 heteroatoms. The summed E-state index contributed by atoms with van der Waals surface area (Å²) in [5, 5.41) is 8.56. The zero-order valence-corrected chi connectivity index (χ0v) is 18.4. The minimum absolute atomic E-state index is 0.224.